The van der Waals surface area contributed by atoms with Crippen LogP contribution < -0.4 is 10.2 Å². The highest BCUT2D eigenvalue weighted by atomic mass is 32.2. The lowest BCUT2D eigenvalue weighted by Gasteiger charge is -2.36. The third-order valence-electron chi connectivity index (χ3n) is 3.45. The van der Waals surface area contributed by atoms with Gasteiger partial charge in [-0.1, -0.05) is 0 Å². The molecule has 0 amide bonds. The largest absolute Gasteiger partial charge is 0.366 e. The van der Waals surface area contributed by atoms with Crippen LogP contribution in [0.3, 0.4) is 0 Å². The lowest BCUT2D eigenvalue weighted by atomic mass is 10.1. The van der Waals surface area contributed by atoms with E-state index in [1.165, 1.54) is 0 Å². The summed E-state index contributed by atoms with van der Waals surface area (Å²) in [6, 6.07) is 2.05. The number of hydrogen-bond donors (Lipinski definition) is 1. The first-order valence-electron chi connectivity index (χ1n) is 6.50. The zero-order valence-corrected chi connectivity index (χ0v) is 12.5. The Kier molecular flexibility index (Phi) is 4.10. The first-order valence-corrected chi connectivity index (χ1v) is 8.32. The molecule has 0 aliphatic carbocycles. The number of pyridine rings is 1. The van der Waals surface area contributed by atoms with Crippen LogP contribution in [0.5, 0.6) is 0 Å². The Labute approximate surface area is 114 Å². The van der Waals surface area contributed by atoms with Gasteiger partial charge in [-0.25, -0.2) is 8.42 Å². The number of aryl methyl sites for hydroxylation is 1. The first-order chi connectivity index (χ1) is 8.93. The molecule has 1 aliphatic heterocycles. The number of anilines is 1. The van der Waals surface area contributed by atoms with E-state index in [0.717, 1.165) is 23.5 Å². The molecule has 1 N–H and O–H groups in total. The predicted octanol–water partition coefficient (Wildman–Crippen LogP) is 0.733. The van der Waals surface area contributed by atoms with Crippen LogP contribution in [0, 0.1) is 6.92 Å². The fourth-order valence-corrected chi connectivity index (χ4v) is 4.08. The van der Waals surface area contributed by atoms with Crippen molar-refractivity contribution in [1.82, 2.24) is 10.3 Å². The first kappa shape index (κ1) is 14.3. The van der Waals surface area contributed by atoms with Crippen molar-refractivity contribution in [2.24, 2.45) is 0 Å². The highest BCUT2D eigenvalue weighted by Gasteiger charge is 2.29. The second kappa shape index (κ2) is 5.46. The smallest absolute Gasteiger partial charge is 0.154 e. The van der Waals surface area contributed by atoms with Crippen LogP contribution in [-0.4, -0.2) is 44.5 Å². The van der Waals surface area contributed by atoms with E-state index in [1.54, 1.807) is 0 Å². The van der Waals surface area contributed by atoms with E-state index in [4.69, 9.17) is 0 Å². The van der Waals surface area contributed by atoms with Gasteiger partial charge in [0.05, 0.1) is 11.5 Å². The number of nitrogens with zero attached hydrogens (tertiary/aromatic N) is 2. The Hall–Kier alpha value is -1.14. The van der Waals surface area contributed by atoms with Crippen molar-refractivity contribution in [3.05, 3.63) is 23.5 Å². The van der Waals surface area contributed by atoms with Gasteiger partial charge in [-0.3, -0.25) is 4.98 Å². The average Bonchev–Trinajstić information content (AvgIpc) is 2.31. The van der Waals surface area contributed by atoms with Crippen LogP contribution in [0.4, 0.5) is 5.69 Å². The van der Waals surface area contributed by atoms with Crippen LogP contribution in [0.1, 0.15) is 18.2 Å². The molecule has 0 bridgehead atoms. The maximum Gasteiger partial charge on any atom is 0.154 e. The standard InChI is InChI=1S/C13H21N3O2S/c1-10-6-13(12(7-14-3)8-15-10)16-4-5-19(17,18)9-11(16)2/h6,8,11,14H,4-5,7,9H2,1-3H3. The van der Waals surface area contributed by atoms with E-state index in [-0.39, 0.29) is 17.5 Å². The zero-order chi connectivity index (χ0) is 14.0. The molecule has 19 heavy (non-hydrogen) atoms. The summed E-state index contributed by atoms with van der Waals surface area (Å²) in [4.78, 5) is 6.50. The van der Waals surface area contributed by atoms with E-state index in [9.17, 15) is 8.42 Å². The van der Waals surface area contributed by atoms with Gasteiger partial charge < -0.3 is 10.2 Å². The van der Waals surface area contributed by atoms with Crippen molar-refractivity contribution in [3.63, 3.8) is 0 Å². The summed E-state index contributed by atoms with van der Waals surface area (Å²) in [7, 11) is -0.984. The Balaban J connectivity index is 2.33. The highest BCUT2D eigenvalue weighted by molar-refractivity contribution is 7.91. The molecule has 1 aromatic rings. The summed E-state index contributed by atoms with van der Waals surface area (Å²) in [5.41, 5.74) is 3.17. The maximum absolute atomic E-state index is 11.7. The zero-order valence-electron chi connectivity index (χ0n) is 11.7. The van der Waals surface area contributed by atoms with Crippen molar-refractivity contribution in [3.8, 4) is 0 Å². The van der Waals surface area contributed by atoms with Gasteiger partial charge in [0.1, 0.15) is 0 Å². The lowest BCUT2D eigenvalue weighted by molar-refractivity contribution is 0.567. The molecule has 1 aromatic heterocycles. The van der Waals surface area contributed by atoms with Crippen LogP contribution >= 0.6 is 0 Å². The Morgan fingerprint density at radius 3 is 2.89 bits per heavy atom. The summed E-state index contributed by atoms with van der Waals surface area (Å²) in [5.74, 6) is 0.463. The molecule has 1 aliphatic rings. The molecule has 0 saturated carbocycles. The van der Waals surface area contributed by atoms with Gasteiger partial charge >= 0.3 is 0 Å². The Morgan fingerprint density at radius 1 is 1.53 bits per heavy atom. The molecule has 0 radical (unpaired) electrons. The second-order valence-corrected chi connectivity index (χ2v) is 7.37. The quantitative estimate of drug-likeness (QED) is 0.886. The van der Waals surface area contributed by atoms with E-state index in [2.05, 4.69) is 15.2 Å². The molecule has 1 unspecified atom stereocenters. The fraction of sp³-hybridized carbons (Fsp3) is 0.615. The van der Waals surface area contributed by atoms with Gasteiger partial charge in [0.15, 0.2) is 9.84 Å². The predicted molar refractivity (Wildman–Crippen MR) is 77.2 cm³/mol. The summed E-state index contributed by atoms with van der Waals surface area (Å²) in [6.45, 7) is 5.22. The third kappa shape index (κ3) is 3.25. The minimum absolute atomic E-state index is 0.0103. The van der Waals surface area contributed by atoms with Crippen molar-refractivity contribution in [2.45, 2.75) is 26.4 Å². The number of sulfone groups is 1. The van der Waals surface area contributed by atoms with Crippen LogP contribution in [0.25, 0.3) is 0 Å². The lowest BCUT2D eigenvalue weighted by Crippen LogP contribution is -2.47. The summed E-state index contributed by atoms with van der Waals surface area (Å²) < 4.78 is 23.3. The Bertz CT molecular complexity index is 557. The fourth-order valence-electron chi connectivity index (χ4n) is 2.52. The van der Waals surface area contributed by atoms with Gasteiger partial charge in [0.2, 0.25) is 0 Å². The van der Waals surface area contributed by atoms with Gasteiger partial charge in [-0.05, 0) is 27.0 Å². The topological polar surface area (TPSA) is 62.3 Å². The molecule has 106 valence electrons. The van der Waals surface area contributed by atoms with Gasteiger partial charge in [0, 0.05) is 42.3 Å². The number of nitrogens with one attached hydrogen (secondary N) is 1. The van der Waals surface area contributed by atoms with Gasteiger partial charge in [-0.15, -0.1) is 0 Å². The molecule has 1 atom stereocenters. The number of aromatic nitrogens is 1. The molecule has 2 heterocycles. The van der Waals surface area contributed by atoms with E-state index < -0.39 is 9.84 Å². The second-order valence-electron chi connectivity index (χ2n) is 5.14. The SMILES string of the molecule is CNCc1cnc(C)cc1N1CCS(=O)(=O)CC1C. The average molecular weight is 283 g/mol. The van der Waals surface area contributed by atoms with Crippen LogP contribution in [0.15, 0.2) is 12.3 Å². The summed E-state index contributed by atoms with van der Waals surface area (Å²) in [6.07, 6.45) is 1.87. The van der Waals surface area contributed by atoms with Crippen LogP contribution in [0.2, 0.25) is 0 Å². The van der Waals surface area contributed by atoms with E-state index in [0.29, 0.717) is 6.54 Å². The summed E-state index contributed by atoms with van der Waals surface area (Å²) in [5, 5.41) is 3.13. The molecule has 2 rings (SSSR count). The van der Waals surface area contributed by atoms with E-state index in [1.807, 2.05) is 33.2 Å². The van der Waals surface area contributed by atoms with Gasteiger partial charge in [-0.2, -0.15) is 0 Å². The van der Waals surface area contributed by atoms with Crippen molar-refractivity contribution < 1.29 is 8.42 Å². The molecular weight excluding hydrogens is 262 g/mol. The number of rotatable bonds is 3. The van der Waals surface area contributed by atoms with Gasteiger partial charge in [0.25, 0.3) is 0 Å². The molecule has 1 saturated heterocycles. The molecule has 1 fully saturated rings. The molecular formula is C13H21N3O2S. The molecule has 5 nitrogen and oxygen atoms in total. The normalized spacial score (nSPS) is 22.5. The highest BCUT2D eigenvalue weighted by Crippen LogP contribution is 2.26. The van der Waals surface area contributed by atoms with E-state index >= 15 is 0 Å². The molecule has 0 spiro atoms. The molecule has 0 aromatic carbocycles. The molecule has 6 heteroatoms. The minimum Gasteiger partial charge on any atom is -0.366 e. The van der Waals surface area contributed by atoms with Crippen molar-refractivity contribution in [2.75, 3.05) is 30.0 Å². The maximum atomic E-state index is 11.7. The van der Waals surface area contributed by atoms with Crippen molar-refractivity contribution >= 4 is 15.5 Å². The third-order valence-corrected chi connectivity index (χ3v) is 5.24. The monoisotopic (exact) mass is 283 g/mol. The van der Waals surface area contributed by atoms with Crippen LogP contribution in [-0.2, 0) is 16.4 Å². The minimum atomic E-state index is -2.88. The number of hydrogen-bond acceptors (Lipinski definition) is 5. The van der Waals surface area contributed by atoms with Crippen molar-refractivity contribution in [1.29, 1.82) is 0 Å². The Morgan fingerprint density at radius 2 is 2.26 bits per heavy atom. The summed E-state index contributed by atoms with van der Waals surface area (Å²) >= 11 is 0.